The molecule has 2 amide bonds. The second-order valence-electron chi connectivity index (χ2n) is 8.78. The molecule has 174 valence electrons. The summed E-state index contributed by atoms with van der Waals surface area (Å²) in [6, 6.07) is 13.3. The van der Waals surface area contributed by atoms with Gasteiger partial charge in [0.15, 0.2) is 11.5 Å². The zero-order valence-corrected chi connectivity index (χ0v) is 18.3. The van der Waals surface area contributed by atoms with Crippen molar-refractivity contribution in [1.29, 1.82) is 0 Å². The van der Waals surface area contributed by atoms with Crippen LogP contribution >= 0.6 is 0 Å². The molecular formula is C25H23FN4O4. The molecule has 3 aromatic rings. The summed E-state index contributed by atoms with van der Waals surface area (Å²) >= 11 is 0. The Hall–Kier alpha value is -3.88. The number of amides is 2. The van der Waals surface area contributed by atoms with E-state index in [-0.39, 0.29) is 36.6 Å². The van der Waals surface area contributed by atoms with Crippen molar-refractivity contribution in [2.24, 2.45) is 0 Å². The summed E-state index contributed by atoms with van der Waals surface area (Å²) in [5, 5.41) is 4.03. The van der Waals surface area contributed by atoms with E-state index in [4.69, 9.17) is 9.47 Å². The highest BCUT2D eigenvalue weighted by Crippen LogP contribution is 2.50. The van der Waals surface area contributed by atoms with Gasteiger partial charge in [0.05, 0.1) is 12.0 Å². The number of rotatable bonds is 3. The molecule has 8 nitrogen and oxygen atoms in total. The standard InChI is InChI=1S/C25H23FN4O4/c26-18-5-2-16(3-6-18)22-23(17-4-7-20-21(14-17)34-15-33-20)30(24(22)31)19-8-12-28(13-9-19)25(32)29-11-1-10-27-29/h1-7,10-11,14,19,22-23H,8-9,12-13,15H2/t22-,23-/m1/s1. The van der Waals surface area contributed by atoms with Crippen molar-refractivity contribution in [2.45, 2.75) is 30.8 Å². The third-order valence-corrected chi connectivity index (χ3v) is 6.93. The quantitative estimate of drug-likeness (QED) is 0.557. The summed E-state index contributed by atoms with van der Waals surface area (Å²) in [6.45, 7) is 1.26. The normalized spacial score (nSPS) is 22.1. The van der Waals surface area contributed by atoms with E-state index in [0.29, 0.717) is 37.4 Å². The van der Waals surface area contributed by atoms with Crippen LogP contribution in [0.1, 0.15) is 35.9 Å². The van der Waals surface area contributed by atoms with Crippen LogP contribution in [-0.4, -0.2) is 57.4 Å². The summed E-state index contributed by atoms with van der Waals surface area (Å²) in [5.41, 5.74) is 1.74. The Morgan fingerprint density at radius 1 is 1.00 bits per heavy atom. The van der Waals surface area contributed by atoms with Gasteiger partial charge in [-0.3, -0.25) is 4.79 Å². The molecule has 0 spiro atoms. The molecule has 9 heteroatoms. The van der Waals surface area contributed by atoms with Crippen LogP contribution in [0, 0.1) is 5.82 Å². The molecule has 0 unspecified atom stereocenters. The molecule has 3 aliphatic heterocycles. The van der Waals surface area contributed by atoms with Crippen LogP contribution in [0.3, 0.4) is 0 Å². The van der Waals surface area contributed by atoms with Crippen LogP contribution in [0.25, 0.3) is 0 Å². The van der Waals surface area contributed by atoms with E-state index in [1.807, 2.05) is 23.1 Å². The van der Waals surface area contributed by atoms with E-state index in [1.54, 1.807) is 35.5 Å². The monoisotopic (exact) mass is 462 g/mol. The van der Waals surface area contributed by atoms with E-state index in [0.717, 1.165) is 11.1 Å². The van der Waals surface area contributed by atoms with E-state index < -0.39 is 5.92 Å². The molecule has 6 rings (SSSR count). The molecule has 1 aromatic heterocycles. The Morgan fingerprint density at radius 3 is 2.47 bits per heavy atom. The minimum Gasteiger partial charge on any atom is -0.454 e. The predicted octanol–water partition coefficient (Wildman–Crippen LogP) is 3.55. The van der Waals surface area contributed by atoms with Crippen LogP contribution in [0.2, 0.25) is 0 Å². The molecule has 3 aliphatic rings. The lowest BCUT2D eigenvalue weighted by Crippen LogP contribution is -2.60. The molecule has 0 saturated carbocycles. The number of ether oxygens (including phenoxy) is 2. The summed E-state index contributed by atoms with van der Waals surface area (Å²) < 4.78 is 25.9. The van der Waals surface area contributed by atoms with Crippen LogP contribution in [0.15, 0.2) is 60.9 Å². The molecule has 2 aromatic carbocycles. The van der Waals surface area contributed by atoms with Gasteiger partial charge in [0.2, 0.25) is 12.7 Å². The van der Waals surface area contributed by atoms with Gasteiger partial charge in [0.25, 0.3) is 0 Å². The number of likely N-dealkylation sites (tertiary alicyclic amines) is 2. The Balaban J connectivity index is 1.26. The van der Waals surface area contributed by atoms with E-state index >= 15 is 0 Å². The summed E-state index contributed by atoms with van der Waals surface area (Å²) in [7, 11) is 0. The average molecular weight is 462 g/mol. The van der Waals surface area contributed by atoms with E-state index in [1.165, 1.54) is 16.8 Å². The van der Waals surface area contributed by atoms with Gasteiger partial charge >= 0.3 is 6.03 Å². The van der Waals surface area contributed by atoms with Crippen molar-refractivity contribution in [3.63, 3.8) is 0 Å². The largest absolute Gasteiger partial charge is 0.454 e. The SMILES string of the molecule is O=C1[C@H](c2ccc(F)cc2)[C@@H](c2ccc3c(c2)OCO3)N1C1CCN(C(=O)n2cccn2)CC1. The number of aromatic nitrogens is 2. The highest BCUT2D eigenvalue weighted by molar-refractivity contribution is 5.92. The molecule has 2 atom stereocenters. The maximum Gasteiger partial charge on any atom is 0.344 e. The van der Waals surface area contributed by atoms with Crippen molar-refractivity contribution >= 4 is 11.9 Å². The van der Waals surface area contributed by atoms with Gasteiger partial charge in [-0.2, -0.15) is 9.78 Å². The third kappa shape index (κ3) is 3.39. The molecule has 2 fully saturated rings. The van der Waals surface area contributed by atoms with Gasteiger partial charge in [-0.15, -0.1) is 0 Å². The summed E-state index contributed by atoms with van der Waals surface area (Å²) in [5.74, 6) is 0.635. The number of carbonyl (C=O) groups excluding carboxylic acids is 2. The summed E-state index contributed by atoms with van der Waals surface area (Å²) in [6.07, 6.45) is 4.57. The molecule has 0 aliphatic carbocycles. The molecule has 0 N–H and O–H groups in total. The fourth-order valence-corrected chi connectivity index (χ4v) is 5.23. The molecular weight excluding hydrogens is 439 g/mol. The fourth-order valence-electron chi connectivity index (χ4n) is 5.23. The van der Waals surface area contributed by atoms with Crippen LogP contribution in [0.5, 0.6) is 11.5 Å². The minimum atomic E-state index is -0.398. The highest BCUT2D eigenvalue weighted by Gasteiger charge is 2.52. The van der Waals surface area contributed by atoms with Gasteiger partial charge in [-0.1, -0.05) is 18.2 Å². The van der Waals surface area contributed by atoms with Crippen LogP contribution < -0.4 is 9.47 Å². The molecule has 34 heavy (non-hydrogen) atoms. The average Bonchev–Trinajstić information content (AvgIpc) is 3.56. The smallest absolute Gasteiger partial charge is 0.344 e. The zero-order chi connectivity index (χ0) is 23.2. The molecule has 0 radical (unpaired) electrons. The van der Waals surface area contributed by atoms with Gasteiger partial charge < -0.3 is 19.3 Å². The van der Waals surface area contributed by atoms with E-state index in [2.05, 4.69) is 5.10 Å². The Labute approximate surface area is 195 Å². The fraction of sp³-hybridized carbons (Fsp3) is 0.320. The van der Waals surface area contributed by atoms with Crippen molar-refractivity contribution in [2.75, 3.05) is 19.9 Å². The number of halogens is 1. The van der Waals surface area contributed by atoms with Gasteiger partial charge in [-0.25, -0.2) is 9.18 Å². The number of piperidine rings is 1. The van der Waals surface area contributed by atoms with Crippen molar-refractivity contribution < 1.29 is 23.5 Å². The summed E-state index contributed by atoms with van der Waals surface area (Å²) in [4.78, 5) is 29.8. The number of carbonyl (C=O) groups is 2. The molecule has 2 saturated heterocycles. The first-order valence-corrected chi connectivity index (χ1v) is 11.4. The number of hydrogen-bond donors (Lipinski definition) is 0. The highest BCUT2D eigenvalue weighted by atomic mass is 19.1. The van der Waals surface area contributed by atoms with Crippen molar-refractivity contribution in [3.8, 4) is 11.5 Å². The second kappa shape index (κ2) is 8.16. The van der Waals surface area contributed by atoms with Crippen LogP contribution in [-0.2, 0) is 4.79 Å². The van der Waals surface area contributed by atoms with Gasteiger partial charge in [0.1, 0.15) is 5.82 Å². The lowest BCUT2D eigenvalue weighted by Gasteiger charge is -2.53. The van der Waals surface area contributed by atoms with Crippen LogP contribution in [0.4, 0.5) is 9.18 Å². The number of β-lactam (4-membered cyclic amide) rings is 1. The van der Waals surface area contributed by atoms with E-state index in [9.17, 15) is 14.0 Å². The van der Waals surface area contributed by atoms with Gasteiger partial charge in [-0.05, 0) is 54.3 Å². The molecule has 4 heterocycles. The first kappa shape index (κ1) is 20.7. The first-order valence-electron chi connectivity index (χ1n) is 11.4. The Morgan fingerprint density at radius 2 is 1.74 bits per heavy atom. The number of hydrogen-bond acceptors (Lipinski definition) is 5. The molecule has 0 bridgehead atoms. The lowest BCUT2D eigenvalue weighted by molar-refractivity contribution is -0.156. The maximum absolute atomic E-state index is 13.5. The topological polar surface area (TPSA) is 76.9 Å². The maximum atomic E-state index is 13.5. The van der Waals surface area contributed by atoms with Crippen molar-refractivity contribution in [3.05, 3.63) is 77.9 Å². The lowest BCUT2D eigenvalue weighted by atomic mass is 9.75. The number of fused-ring (bicyclic) bond motifs is 1. The number of benzene rings is 2. The Kier molecular flexibility index (Phi) is 4.97. The minimum absolute atomic E-state index is 0.00120. The second-order valence-corrected chi connectivity index (χ2v) is 8.78. The zero-order valence-electron chi connectivity index (χ0n) is 18.3. The Bertz CT molecular complexity index is 1220. The first-order chi connectivity index (χ1) is 16.6. The predicted molar refractivity (Wildman–Crippen MR) is 119 cm³/mol. The third-order valence-electron chi connectivity index (χ3n) is 6.93. The number of nitrogens with zero attached hydrogens (tertiary/aromatic N) is 4. The van der Waals surface area contributed by atoms with Crippen molar-refractivity contribution in [1.82, 2.24) is 19.6 Å². The van der Waals surface area contributed by atoms with Gasteiger partial charge in [0, 0.05) is 31.5 Å².